The van der Waals surface area contributed by atoms with Gasteiger partial charge in [0.25, 0.3) is 5.91 Å². The molecule has 0 saturated heterocycles. The summed E-state index contributed by atoms with van der Waals surface area (Å²) in [5.41, 5.74) is 1.32. The molecule has 0 bridgehead atoms. The molecular formula is C11H16N4O. The van der Waals surface area contributed by atoms with Gasteiger partial charge in [-0.05, 0) is 12.3 Å². The Kier molecular flexibility index (Phi) is 2.85. The van der Waals surface area contributed by atoms with Gasteiger partial charge in [-0.3, -0.25) is 9.79 Å². The van der Waals surface area contributed by atoms with Crippen molar-refractivity contribution in [3.05, 3.63) is 0 Å². The summed E-state index contributed by atoms with van der Waals surface area (Å²) in [6.45, 7) is 6.14. The summed E-state index contributed by atoms with van der Waals surface area (Å²) in [4.78, 5) is 16.2. The van der Waals surface area contributed by atoms with Crippen LogP contribution in [0.3, 0.4) is 0 Å². The van der Waals surface area contributed by atoms with Crippen molar-refractivity contribution in [2.24, 2.45) is 21.1 Å². The molecule has 2 aliphatic heterocycles. The van der Waals surface area contributed by atoms with Crippen molar-refractivity contribution in [1.82, 2.24) is 5.32 Å². The normalized spacial score (nSPS) is 23.6. The summed E-state index contributed by atoms with van der Waals surface area (Å²) in [6, 6.07) is -0.240. The van der Waals surface area contributed by atoms with E-state index in [1.165, 1.54) is 0 Å². The highest BCUT2D eigenvalue weighted by molar-refractivity contribution is 6.49. The maximum absolute atomic E-state index is 11.7. The number of nitrogens with one attached hydrogen (secondary N) is 1. The Labute approximate surface area is 94.7 Å². The summed E-state index contributed by atoms with van der Waals surface area (Å²) in [6.07, 6.45) is 1.76. The number of amidine groups is 1. The zero-order valence-corrected chi connectivity index (χ0v) is 9.82. The molecule has 0 radical (unpaired) electrons. The molecule has 1 amide bonds. The number of carbonyl (C=O) groups excluding carboxylic acids is 1. The second kappa shape index (κ2) is 4.15. The first kappa shape index (κ1) is 11.0. The second-order valence-electron chi connectivity index (χ2n) is 4.35. The molecule has 0 aromatic rings. The van der Waals surface area contributed by atoms with Crippen LogP contribution in [0.25, 0.3) is 0 Å². The quantitative estimate of drug-likeness (QED) is 0.761. The van der Waals surface area contributed by atoms with E-state index in [-0.39, 0.29) is 17.9 Å². The minimum atomic E-state index is -0.240. The van der Waals surface area contributed by atoms with Gasteiger partial charge in [-0.25, -0.2) is 0 Å². The van der Waals surface area contributed by atoms with Crippen molar-refractivity contribution in [3.63, 3.8) is 0 Å². The molecule has 0 aromatic heterocycles. The molecule has 0 aromatic carbocycles. The maximum Gasteiger partial charge on any atom is 0.275 e. The lowest BCUT2D eigenvalue weighted by atomic mass is 9.96. The van der Waals surface area contributed by atoms with Gasteiger partial charge in [0, 0.05) is 6.42 Å². The van der Waals surface area contributed by atoms with Crippen molar-refractivity contribution < 1.29 is 4.79 Å². The largest absolute Gasteiger partial charge is 0.309 e. The van der Waals surface area contributed by atoms with Crippen molar-refractivity contribution in [3.8, 4) is 0 Å². The maximum atomic E-state index is 11.7. The van der Waals surface area contributed by atoms with Gasteiger partial charge < -0.3 is 5.32 Å². The molecule has 0 fully saturated rings. The van der Waals surface area contributed by atoms with E-state index >= 15 is 0 Å². The van der Waals surface area contributed by atoms with Gasteiger partial charge in [0.2, 0.25) is 0 Å². The lowest BCUT2D eigenvalue weighted by Gasteiger charge is -2.20. The average Bonchev–Trinajstić information content (AvgIpc) is 2.62. The van der Waals surface area contributed by atoms with Gasteiger partial charge in [0.1, 0.15) is 11.9 Å². The number of aliphatic imine (C=N–C) groups is 1. The summed E-state index contributed by atoms with van der Waals surface area (Å²) in [7, 11) is 0. The van der Waals surface area contributed by atoms with Crippen LogP contribution in [-0.2, 0) is 4.79 Å². The molecule has 5 heteroatoms. The summed E-state index contributed by atoms with van der Waals surface area (Å²) < 4.78 is 0. The third kappa shape index (κ3) is 1.77. The third-order valence-electron chi connectivity index (χ3n) is 2.67. The van der Waals surface area contributed by atoms with E-state index in [2.05, 4.69) is 27.4 Å². The van der Waals surface area contributed by atoms with Crippen molar-refractivity contribution in [1.29, 1.82) is 0 Å². The van der Waals surface area contributed by atoms with E-state index in [1.54, 1.807) is 0 Å². The SMILES string of the molecule is CCCC1=NC2C(=NN=C2C(C)C)C(=O)N1. The first-order valence-corrected chi connectivity index (χ1v) is 5.66. The highest BCUT2D eigenvalue weighted by Gasteiger charge is 2.36. The van der Waals surface area contributed by atoms with Gasteiger partial charge in [0.15, 0.2) is 5.71 Å². The highest BCUT2D eigenvalue weighted by Crippen LogP contribution is 2.17. The van der Waals surface area contributed by atoms with Crippen LogP contribution < -0.4 is 5.32 Å². The Balaban J connectivity index is 2.28. The minimum absolute atomic E-state index is 0.150. The van der Waals surface area contributed by atoms with Gasteiger partial charge >= 0.3 is 0 Å². The Morgan fingerprint density at radius 2 is 2.12 bits per heavy atom. The van der Waals surface area contributed by atoms with E-state index < -0.39 is 0 Å². The number of hydrogen-bond donors (Lipinski definition) is 1. The van der Waals surface area contributed by atoms with Gasteiger partial charge in [-0.15, -0.1) is 5.10 Å². The number of carbonyl (C=O) groups is 1. The fourth-order valence-electron chi connectivity index (χ4n) is 1.84. The van der Waals surface area contributed by atoms with E-state index in [0.29, 0.717) is 5.71 Å². The van der Waals surface area contributed by atoms with Gasteiger partial charge in [0.05, 0.1) is 5.71 Å². The highest BCUT2D eigenvalue weighted by atomic mass is 16.2. The van der Waals surface area contributed by atoms with Crippen molar-refractivity contribution in [2.75, 3.05) is 0 Å². The molecule has 2 aliphatic rings. The molecule has 1 N–H and O–H groups in total. The molecule has 2 heterocycles. The van der Waals surface area contributed by atoms with E-state index in [9.17, 15) is 4.79 Å². The van der Waals surface area contributed by atoms with Crippen LogP contribution in [0.1, 0.15) is 33.6 Å². The van der Waals surface area contributed by atoms with E-state index in [1.807, 2.05) is 13.8 Å². The standard InChI is InChI=1S/C11H16N4O/c1-4-5-7-12-9-8(6(2)3)14-15-10(9)11(16)13-7/h6,9H,4-5H2,1-3H3,(H,12,13,16). The summed E-state index contributed by atoms with van der Waals surface area (Å²) in [5, 5.41) is 10.7. The first-order chi connectivity index (χ1) is 7.63. The Morgan fingerprint density at radius 3 is 2.75 bits per heavy atom. The van der Waals surface area contributed by atoms with Gasteiger partial charge in [-0.2, -0.15) is 5.10 Å². The predicted molar refractivity (Wildman–Crippen MR) is 64.0 cm³/mol. The molecule has 1 unspecified atom stereocenters. The van der Waals surface area contributed by atoms with Crippen LogP contribution in [0, 0.1) is 5.92 Å². The van der Waals surface area contributed by atoms with Crippen LogP contribution >= 0.6 is 0 Å². The molecular weight excluding hydrogens is 204 g/mol. The zero-order valence-electron chi connectivity index (χ0n) is 9.82. The molecule has 1 atom stereocenters. The lowest BCUT2D eigenvalue weighted by Crippen LogP contribution is -2.48. The lowest BCUT2D eigenvalue weighted by molar-refractivity contribution is -0.113. The molecule has 5 nitrogen and oxygen atoms in total. The number of rotatable bonds is 3. The number of hydrogen-bond acceptors (Lipinski definition) is 4. The zero-order chi connectivity index (χ0) is 11.7. The summed E-state index contributed by atoms with van der Waals surface area (Å²) >= 11 is 0. The smallest absolute Gasteiger partial charge is 0.275 e. The van der Waals surface area contributed by atoms with Crippen LogP contribution in [-0.4, -0.2) is 29.2 Å². The molecule has 86 valence electrons. The van der Waals surface area contributed by atoms with Crippen molar-refractivity contribution >= 4 is 23.2 Å². The van der Waals surface area contributed by atoms with Gasteiger partial charge in [-0.1, -0.05) is 20.8 Å². The average molecular weight is 220 g/mol. The summed E-state index contributed by atoms with van der Waals surface area (Å²) in [5.74, 6) is 0.873. The number of nitrogens with zero attached hydrogens (tertiary/aromatic N) is 3. The molecule has 0 spiro atoms. The molecule has 2 rings (SSSR count). The Hall–Kier alpha value is -1.52. The van der Waals surface area contributed by atoms with E-state index in [0.717, 1.165) is 24.4 Å². The third-order valence-corrected chi connectivity index (χ3v) is 2.67. The fraction of sp³-hybridized carbons (Fsp3) is 0.636. The monoisotopic (exact) mass is 220 g/mol. The fourth-order valence-corrected chi connectivity index (χ4v) is 1.84. The molecule has 0 saturated carbocycles. The Bertz CT molecular complexity index is 406. The van der Waals surface area contributed by atoms with E-state index in [4.69, 9.17) is 0 Å². The Morgan fingerprint density at radius 1 is 1.38 bits per heavy atom. The van der Waals surface area contributed by atoms with Crippen LogP contribution in [0.5, 0.6) is 0 Å². The van der Waals surface area contributed by atoms with Crippen LogP contribution in [0.2, 0.25) is 0 Å². The van der Waals surface area contributed by atoms with Crippen LogP contribution in [0.4, 0.5) is 0 Å². The molecule has 0 aliphatic carbocycles. The number of fused-ring (bicyclic) bond motifs is 1. The topological polar surface area (TPSA) is 66.2 Å². The minimum Gasteiger partial charge on any atom is -0.309 e. The number of amides is 1. The van der Waals surface area contributed by atoms with Crippen molar-refractivity contribution in [2.45, 2.75) is 39.7 Å². The molecule has 16 heavy (non-hydrogen) atoms. The predicted octanol–water partition coefficient (Wildman–Crippen LogP) is 1.15. The second-order valence-corrected chi connectivity index (χ2v) is 4.35. The van der Waals surface area contributed by atoms with Crippen LogP contribution in [0.15, 0.2) is 15.2 Å². The first-order valence-electron chi connectivity index (χ1n) is 5.66.